The fourth-order valence-corrected chi connectivity index (χ4v) is 3.87. The molecule has 0 radical (unpaired) electrons. The maximum Gasteiger partial charge on any atom is 0.252 e. The van der Waals surface area contributed by atoms with Crippen LogP contribution in [-0.4, -0.2) is 20.1 Å². The molecule has 1 aliphatic rings. The van der Waals surface area contributed by atoms with Crippen molar-refractivity contribution in [3.05, 3.63) is 58.1 Å². The molecule has 4 nitrogen and oxygen atoms in total. The number of carbonyl (C=O) groups excluding carboxylic acids is 1. The first-order chi connectivity index (χ1) is 12.9. The molecule has 0 aliphatic heterocycles. The van der Waals surface area contributed by atoms with Crippen LogP contribution in [0.2, 0.25) is 0 Å². The summed E-state index contributed by atoms with van der Waals surface area (Å²) in [6.45, 7) is 6.18. The van der Waals surface area contributed by atoms with Gasteiger partial charge in [-0.1, -0.05) is 19.9 Å². The van der Waals surface area contributed by atoms with Gasteiger partial charge in [-0.2, -0.15) is 0 Å². The SMILES string of the molecule is COc1ccc2c(c1)CCC[C@@H]2NC(=O)c1cc(C(C)C)c(OC)cc1C. The Kier molecular flexibility index (Phi) is 5.73. The molecular formula is C23H29NO3. The average molecular weight is 367 g/mol. The number of methoxy groups -OCH3 is 2. The molecule has 2 aromatic carbocycles. The van der Waals surface area contributed by atoms with E-state index in [1.54, 1.807) is 14.2 Å². The Labute approximate surface area is 161 Å². The predicted octanol–water partition coefficient (Wildman–Crippen LogP) is 4.94. The van der Waals surface area contributed by atoms with E-state index in [0.29, 0.717) is 0 Å². The van der Waals surface area contributed by atoms with Crippen molar-refractivity contribution in [2.75, 3.05) is 14.2 Å². The number of nitrogens with one attached hydrogen (secondary N) is 1. The van der Waals surface area contributed by atoms with Crippen LogP contribution < -0.4 is 14.8 Å². The van der Waals surface area contributed by atoms with Crippen molar-refractivity contribution in [3.8, 4) is 11.5 Å². The van der Waals surface area contributed by atoms with E-state index in [1.165, 1.54) is 11.1 Å². The van der Waals surface area contributed by atoms with E-state index in [9.17, 15) is 4.79 Å². The molecule has 1 atom stereocenters. The molecule has 27 heavy (non-hydrogen) atoms. The number of ether oxygens (including phenoxy) is 2. The van der Waals surface area contributed by atoms with Crippen LogP contribution in [0, 0.1) is 6.92 Å². The number of hydrogen-bond donors (Lipinski definition) is 1. The predicted molar refractivity (Wildman–Crippen MR) is 108 cm³/mol. The van der Waals surface area contributed by atoms with Gasteiger partial charge in [-0.05, 0) is 78.6 Å². The highest BCUT2D eigenvalue weighted by Gasteiger charge is 2.24. The summed E-state index contributed by atoms with van der Waals surface area (Å²) in [6.07, 6.45) is 3.04. The van der Waals surface area contributed by atoms with Gasteiger partial charge in [0.1, 0.15) is 11.5 Å². The van der Waals surface area contributed by atoms with Crippen LogP contribution in [0.3, 0.4) is 0 Å². The third kappa shape index (κ3) is 3.95. The minimum absolute atomic E-state index is 0.0225. The van der Waals surface area contributed by atoms with Crippen LogP contribution in [0.15, 0.2) is 30.3 Å². The number of amides is 1. The third-order valence-corrected chi connectivity index (χ3v) is 5.41. The Hall–Kier alpha value is -2.49. The van der Waals surface area contributed by atoms with E-state index in [2.05, 4.69) is 31.3 Å². The van der Waals surface area contributed by atoms with E-state index >= 15 is 0 Å². The second-order valence-corrected chi connectivity index (χ2v) is 7.55. The largest absolute Gasteiger partial charge is 0.497 e. The second-order valence-electron chi connectivity index (χ2n) is 7.55. The zero-order valence-corrected chi connectivity index (χ0v) is 16.9. The summed E-state index contributed by atoms with van der Waals surface area (Å²) in [7, 11) is 3.36. The van der Waals surface area contributed by atoms with Gasteiger partial charge in [0.15, 0.2) is 0 Å². The number of fused-ring (bicyclic) bond motifs is 1. The molecule has 0 bridgehead atoms. The molecule has 4 heteroatoms. The maximum absolute atomic E-state index is 13.1. The monoisotopic (exact) mass is 367 g/mol. The summed E-state index contributed by atoms with van der Waals surface area (Å²) in [4.78, 5) is 13.1. The van der Waals surface area contributed by atoms with E-state index in [1.807, 2.05) is 25.1 Å². The zero-order chi connectivity index (χ0) is 19.6. The normalized spacial score (nSPS) is 16.0. The lowest BCUT2D eigenvalue weighted by Crippen LogP contribution is -2.31. The van der Waals surface area contributed by atoms with Crippen molar-refractivity contribution in [2.45, 2.75) is 52.0 Å². The topological polar surface area (TPSA) is 47.6 Å². The Balaban J connectivity index is 1.88. The summed E-state index contributed by atoms with van der Waals surface area (Å²) in [5, 5.41) is 3.25. The van der Waals surface area contributed by atoms with Crippen LogP contribution in [0.4, 0.5) is 0 Å². The van der Waals surface area contributed by atoms with E-state index in [-0.39, 0.29) is 17.9 Å². The summed E-state index contributed by atoms with van der Waals surface area (Å²) >= 11 is 0. The summed E-state index contributed by atoms with van der Waals surface area (Å²) < 4.78 is 10.8. The van der Waals surface area contributed by atoms with Crippen molar-refractivity contribution < 1.29 is 14.3 Å². The summed E-state index contributed by atoms with van der Waals surface area (Å²) in [5.41, 5.74) is 5.17. The van der Waals surface area contributed by atoms with Crippen LogP contribution in [-0.2, 0) is 6.42 Å². The molecule has 144 valence electrons. The minimum atomic E-state index is -0.0225. The molecule has 0 heterocycles. The lowest BCUT2D eigenvalue weighted by Gasteiger charge is -2.27. The Morgan fingerprint density at radius 2 is 1.93 bits per heavy atom. The first kappa shape index (κ1) is 19.3. The molecule has 1 amide bonds. The molecule has 0 saturated heterocycles. The molecule has 3 rings (SSSR count). The molecule has 0 spiro atoms. The van der Waals surface area contributed by atoms with Gasteiger partial charge in [0.05, 0.1) is 20.3 Å². The molecule has 1 aliphatic carbocycles. The summed E-state index contributed by atoms with van der Waals surface area (Å²) in [5.74, 6) is 1.98. The van der Waals surface area contributed by atoms with Gasteiger partial charge in [-0.15, -0.1) is 0 Å². The smallest absolute Gasteiger partial charge is 0.252 e. The first-order valence-corrected chi connectivity index (χ1v) is 9.60. The van der Waals surface area contributed by atoms with Crippen LogP contribution in [0.5, 0.6) is 11.5 Å². The van der Waals surface area contributed by atoms with E-state index in [4.69, 9.17) is 9.47 Å². The molecule has 2 aromatic rings. The van der Waals surface area contributed by atoms with Crippen molar-refractivity contribution in [3.63, 3.8) is 0 Å². The molecule has 0 aromatic heterocycles. The first-order valence-electron chi connectivity index (χ1n) is 9.60. The van der Waals surface area contributed by atoms with Crippen molar-refractivity contribution in [1.82, 2.24) is 5.32 Å². The van der Waals surface area contributed by atoms with Gasteiger partial charge in [0.2, 0.25) is 0 Å². The highest BCUT2D eigenvalue weighted by atomic mass is 16.5. The Bertz CT molecular complexity index is 842. The van der Waals surface area contributed by atoms with Gasteiger partial charge >= 0.3 is 0 Å². The Morgan fingerprint density at radius 1 is 1.15 bits per heavy atom. The molecular weight excluding hydrogens is 338 g/mol. The highest BCUT2D eigenvalue weighted by molar-refractivity contribution is 5.96. The van der Waals surface area contributed by atoms with Gasteiger partial charge < -0.3 is 14.8 Å². The number of aryl methyl sites for hydroxylation is 2. The van der Waals surface area contributed by atoms with E-state index in [0.717, 1.165) is 47.5 Å². The van der Waals surface area contributed by atoms with Gasteiger partial charge in [-0.3, -0.25) is 4.79 Å². The van der Waals surface area contributed by atoms with Gasteiger partial charge in [-0.25, -0.2) is 0 Å². The average Bonchev–Trinajstić information content (AvgIpc) is 2.67. The number of hydrogen-bond acceptors (Lipinski definition) is 3. The fourth-order valence-electron chi connectivity index (χ4n) is 3.87. The molecule has 1 N–H and O–H groups in total. The number of rotatable bonds is 5. The van der Waals surface area contributed by atoms with Gasteiger partial charge in [0, 0.05) is 5.56 Å². The van der Waals surface area contributed by atoms with Gasteiger partial charge in [0.25, 0.3) is 5.91 Å². The standard InChI is InChI=1S/C23H29NO3/c1-14(2)19-13-20(15(3)11-22(19)27-5)23(25)24-21-8-6-7-16-12-17(26-4)9-10-18(16)21/h9-14,21H,6-8H2,1-5H3,(H,24,25)/t21-/m0/s1. The van der Waals surface area contributed by atoms with Crippen molar-refractivity contribution in [1.29, 1.82) is 0 Å². The van der Waals surface area contributed by atoms with Crippen LogP contribution in [0.1, 0.15) is 71.3 Å². The maximum atomic E-state index is 13.1. The van der Waals surface area contributed by atoms with Crippen LogP contribution in [0.25, 0.3) is 0 Å². The third-order valence-electron chi connectivity index (χ3n) is 5.41. The van der Waals surface area contributed by atoms with Crippen molar-refractivity contribution >= 4 is 5.91 Å². The lowest BCUT2D eigenvalue weighted by atomic mass is 9.87. The number of carbonyl (C=O) groups is 1. The lowest BCUT2D eigenvalue weighted by molar-refractivity contribution is 0.0932. The summed E-state index contributed by atoms with van der Waals surface area (Å²) in [6, 6.07) is 10.1. The molecule has 0 saturated carbocycles. The Morgan fingerprint density at radius 3 is 2.59 bits per heavy atom. The quantitative estimate of drug-likeness (QED) is 0.814. The van der Waals surface area contributed by atoms with E-state index < -0.39 is 0 Å². The molecule has 0 fully saturated rings. The fraction of sp³-hybridized carbons (Fsp3) is 0.435. The highest BCUT2D eigenvalue weighted by Crippen LogP contribution is 2.33. The number of benzene rings is 2. The van der Waals surface area contributed by atoms with Crippen LogP contribution >= 0.6 is 0 Å². The zero-order valence-electron chi connectivity index (χ0n) is 16.9. The molecule has 0 unspecified atom stereocenters. The minimum Gasteiger partial charge on any atom is -0.497 e. The second kappa shape index (κ2) is 8.03. The van der Waals surface area contributed by atoms with Crippen molar-refractivity contribution in [2.24, 2.45) is 0 Å².